The third kappa shape index (κ3) is 3.39. The third-order valence-corrected chi connectivity index (χ3v) is 6.45. The molecule has 2 aliphatic rings. The van der Waals surface area contributed by atoms with E-state index in [2.05, 4.69) is 14.9 Å². The highest BCUT2D eigenvalue weighted by Crippen LogP contribution is 2.36. The van der Waals surface area contributed by atoms with Crippen LogP contribution in [0.5, 0.6) is 0 Å². The van der Waals surface area contributed by atoms with E-state index in [0.29, 0.717) is 24.4 Å². The second-order valence-corrected chi connectivity index (χ2v) is 9.03. The molecule has 2 aliphatic heterocycles. The molecule has 0 radical (unpaired) electrons. The van der Waals surface area contributed by atoms with Gasteiger partial charge >= 0.3 is 0 Å². The highest BCUT2D eigenvalue weighted by molar-refractivity contribution is 5.95. The Labute approximate surface area is 187 Å². The third-order valence-electron chi connectivity index (χ3n) is 6.45. The summed E-state index contributed by atoms with van der Waals surface area (Å²) in [6.07, 6.45) is 5.76. The Morgan fingerprint density at radius 3 is 2.56 bits per heavy atom. The number of benzene rings is 1. The summed E-state index contributed by atoms with van der Waals surface area (Å²) in [6.45, 7) is 4.52. The second kappa shape index (κ2) is 7.93. The molecule has 1 saturated heterocycles. The topological polar surface area (TPSA) is 85.1 Å². The van der Waals surface area contributed by atoms with Crippen molar-refractivity contribution in [2.75, 3.05) is 0 Å². The molecule has 8 heteroatoms. The van der Waals surface area contributed by atoms with Crippen molar-refractivity contribution < 1.29 is 9.59 Å². The van der Waals surface area contributed by atoms with Crippen molar-refractivity contribution in [3.05, 3.63) is 59.9 Å². The molecule has 2 atom stereocenters. The highest BCUT2D eigenvalue weighted by Gasteiger charge is 2.43. The van der Waals surface area contributed by atoms with Crippen LogP contribution in [0, 0.1) is 0 Å². The van der Waals surface area contributed by atoms with E-state index in [0.717, 1.165) is 29.9 Å². The van der Waals surface area contributed by atoms with Gasteiger partial charge in [-0.25, -0.2) is 9.97 Å². The van der Waals surface area contributed by atoms with Gasteiger partial charge in [0.05, 0.1) is 24.3 Å². The van der Waals surface area contributed by atoms with Gasteiger partial charge in [0.1, 0.15) is 17.2 Å². The number of fused-ring (bicyclic) bond motifs is 3. The fraction of sp³-hybridized carbons (Fsp3) is 0.417. The number of rotatable bonds is 4. The monoisotopic (exact) mass is 432 g/mol. The van der Waals surface area contributed by atoms with Crippen LogP contribution in [0.3, 0.4) is 0 Å². The molecule has 0 saturated carbocycles. The van der Waals surface area contributed by atoms with Gasteiger partial charge in [0.25, 0.3) is 11.8 Å². The fourth-order valence-electron chi connectivity index (χ4n) is 5.01. The van der Waals surface area contributed by atoms with Crippen LogP contribution < -0.4 is 5.32 Å². The van der Waals surface area contributed by atoms with Crippen molar-refractivity contribution in [1.82, 2.24) is 29.3 Å². The summed E-state index contributed by atoms with van der Waals surface area (Å²) in [4.78, 5) is 37.5. The van der Waals surface area contributed by atoms with E-state index in [4.69, 9.17) is 4.98 Å². The number of carbonyl (C=O) groups excluding carboxylic acids is 2. The average Bonchev–Trinajstić information content (AvgIpc) is 3.42. The summed E-state index contributed by atoms with van der Waals surface area (Å²) in [7, 11) is 1.84. The van der Waals surface area contributed by atoms with Gasteiger partial charge in [0, 0.05) is 37.7 Å². The fourth-order valence-corrected chi connectivity index (χ4v) is 5.01. The molecule has 166 valence electrons. The van der Waals surface area contributed by atoms with Gasteiger partial charge in [-0.3, -0.25) is 9.59 Å². The molecule has 8 nitrogen and oxygen atoms in total. The van der Waals surface area contributed by atoms with Gasteiger partial charge in [-0.05, 0) is 26.7 Å². The van der Waals surface area contributed by atoms with Crippen LogP contribution in [-0.4, -0.2) is 53.9 Å². The van der Waals surface area contributed by atoms with Crippen molar-refractivity contribution in [2.45, 2.75) is 57.8 Å². The van der Waals surface area contributed by atoms with E-state index < -0.39 is 0 Å². The number of aryl methyl sites for hydroxylation is 1. The zero-order chi connectivity index (χ0) is 22.4. The Hall–Kier alpha value is -3.42. The lowest BCUT2D eigenvalue weighted by atomic mass is 10.0. The molecule has 2 bridgehead atoms. The van der Waals surface area contributed by atoms with Crippen LogP contribution in [-0.2, 0) is 20.0 Å². The zero-order valence-electron chi connectivity index (χ0n) is 18.7. The minimum Gasteiger partial charge on any atom is -0.348 e. The average molecular weight is 433 g/mol. The quantitative estimate of drug-likeness (QED) is 0.687. The first kappa shape index (κ1) is 20.5. The van der Waals surface area contributed by atoms with E-state index in [-0.39, 0.29) is 29.9 Å². The maximum Gasteiger partial charge on any atom is 0.272 e. The summed E-state index contributed by atoms with van der Waals surface area (Å²) in [6, 6.07) is 10.1. The predicted octanol–water partition coefficient (Wildman–Crippen LogP) is 2.65. The smallest absolute Gasteiger partial charge is 0.272 e. The highest BCUT2D eigenvalue weighted by atomic mass is 16.2. The van der Waals surface area contributed by atoms with E-state index in [1.54, 1.807) is 17.1 Å². The maximum absolute atomic E-state index is 13.4. The number of hydrogen-bond donors (Lipinski definition) is 1. The Morgan fingerprint density at radius 1 is 1.12 bits per heavy atom. The molecule has 2 amide bonds. The minimum absolute atomic E-state index is 0.00524. The number of nitrogens with zero attached hydrogens (tertiary/aromatic N) is 5. The molecule has 4 heterocycles. The Morgan fingerprint density at radius 2 is 1.88 bits per heavy atom. The van der Waals surface area contributed by atoms with E-state index in [1.165, 1.54) is 0 Å². The van der Waals surface area contributed by atoms with Gasteiger partial charge in [0.15, 0.2) is 0 Å². The Kier molecular flexibility index (Phi) is 5.07. The van der Waals surface area contributed by atoms with Crippen molar-refractivity contribution in [1.29, 1.82) is 0 Å². The summed E-state index contributed by atoms with van der Waals surface area (Å²) in [5.74, 6) is 0.633. The number of nitrogens with one attached hydrogen (secondary N) is 1. The van der Waals surface area contributed by atoms with Crippen LogP contribution in [0.1, 0.15) is 53.4 Å². The summed E-state index contributed by atoms with van der Waals surface area (Å²) in [5, 5.41) is 3.00. The normalized spacial score (nSPS) is 19.7. The zero-order valence-corrected chi connectivity index (χ0v) is 18.7. The van der Waals surface area contributed by atoms with Gasteiger partial charge in [-0.2, -0.15) is 0 Å². The largest absolute Gasteiger partial charge is 0.348 e. The lowest BCUT2D eigenvalue weighted by molar-refractivity contribution is 0.0656. The molecular weight excluding hydrogens is 404 g/mol. The van der Waals surface area contributed by atoms with Gasteiger partial charge in [-0.15, -0.1) is 0 Å². The van der Waals surface area contributed by atoms with Gasteiger partial charge < -0.3 is 19.4 Å². The molecule has 1 aromatic carbocycles. The molecule has 5 rings (SSSR count). The van der Waals surface area contributed by atoms with E-state index in [1.807, 2.05) is 56.1 Å². The van der Waals surface area contributed by atoms with Crippen molar-refractivity contribution in [3.8, 4) is 11.4 Å². The molecule has 1 fully saturated rings. The number of amides is 2. The van der Waals surface area contributed by atoms with Crippen molar-refractivity contribution >= 4 is 11.8 Å². The van der Waals surface area contributed by atoms with E-state index in [9.17, 15) is 9.59 Å². The minimum atomic E-state index is -0.159. The first-order valence-electron chi connectivity index (χ1n) is 11.2. The number of carbonyl (C=O) groups is 2. The Balaban J connectivity index is 1.58. The summed E-state index contributed by atoms with van der Waals surface area (Å²) in [5.41, 5.74) is 2.95. The molecule has 2 aromatic heterocycles. The van der Waals surface area contributed by atoms with Crippen LogP contribution in [0.4, 0.5) is 0 Å². The standard InChI is InChI=1S/C24H28N6O2/c1-15(2)26-23(31)21-19-11-17-9-10-18(30(17)24(32)20-12-25-14-28(20)3)13-29(19)22(27-21)16-7-5-4-6-8-16/h4-8,12,14-15,17-18H,9-11,13H2,1-3H3,(H,26,31)/t17-,18+/m0/s1. The van der Waals surface area contributed by atoms with Crippen LogP contribution in [0.2, 0.25) is 0 Å². The lowest BCUT2D eigenvalue weighted by Crippen LogP contribution is -2.42. The van der Waals surface area contributed by atoms with Crippen LogP contribution in [0.15, 0.2) is 42.9 Å². The SMILES string of the molecule is CC(C)NC(=O)c1nc(-c2ccccc2)n2c1C[C@@H]1CC[C@H](C2)N1C(=O)c1cncn1C. The molecule has 1 N–H and O–H groups in total. The molecule has 0 unspecified atom stereocenters. The van der Waals surface area contributed by atoms with Gasteiger partial charge in [0.2, 0.25) is 0 Å². The maximum atomic E-state index is 13.4. The van der Waals surface area contributed by atoms with Crippen LogP contribution in [0.25, 0.3) is 11.4 Å². The molecule has 0 spiro atoms. The summed E-state index contributed by atoms with van der Waals surface area (Å²) >= 11 is 0. The molecule has 3 aromatic rings. The molecule has 0 aliphatic carbocycles. The molecular formula is C24H28N6O2. The summed E-state index contributed by atoms with van der Waals surface area (Å²) < 4.78 is 3.93. The van der Waals surface area contributed by atoms with Crippen molar-refractivity contribution in [3.63, 3.8) is 0 Å². The lowest BCUT2D eigenvalue weighted by Gasteiger charge is -2.28. The van der Waals surface area contributed by atoms with Crippen LogP contribution >= 0.6 is 0 Å². The second-order valence-electron chi connectivity index (χ2n) is 9.03. The van der Waals surface area contributed by atoms with Gasteiger partial charge in [-0.1, -0.05) is 30.3 Å². The molecule has 32 heavy (non-hydrogen) atoms. The first-order chi connectivity index (χ1) is 15.4. The number of hydrogen-bond acceptors (Lipinski definition) is 4. The van der Waals surface area contributed by atoms with Crippen molar-refractivity contribution in [2.24, 2.45) is 7.05 Å². The number of aromatic nitrogens is 4. The predicted molar refractivity (Wildman–Crippen MR) is 120 cm³/mol. The first-order valence-corrected chi connectivity index (χ1v) is 11.2. The number of imidazole rings is 2. The Bertz CT molecular complexity index is 1160. The van der Waals surface area contributed by atoms with E-state index >= 15 is 0 Å².